The molecule has 8 heteroatoms. The predicted octanol–water partition coefficient (Wildman–Crippen LogP) is 2.22. The second-order valence-electron chi connectivity index (χ2n) is 7.97. The molecule has 0 unspecified atom stereocenters. The van der Waals surface area contributed by atoms with Crippen LogP contribution in [0.3, 0.4) is 0 Å². The molecule has 1 aliphatic heterocycles. The van der Waals surface area contributed by atoms with E-state index in [1.807, 2.05) is 0 Å². The Morgan fingerprint density at radius 1 is 1.08 bits per heavy atom. The van der Waals surface area contributed by atoms with Crippen molar-refractivity contribution in [3.05, 3.63) is 0 Å². The van der Waals surface area contributed by atoms with Crippen molar-refractivity contribution >= 4 is 18.2 Å². The molecule has 24 heavy (non-hydrogen) atoms. The number of amides is 2. The van der Waals surface area contributed by atoms with Crippen LogP contribution in [0.2, 0.25) is 0 Å². The third-order valence-electron chi connectivity index (χ3n) is 3.23. The number of rotatable bonds is 3. The van der Waals surface area contributed by atoms with E-state index in [0.717, 1.165) is 0 Å². The van der Waals surface area contributed by atoms with E-state index in [2.05, 4.69) is 5.32 Å². The van der Waals surface area contributed by atoms with Crippen molar-refractivity contribution in [2.24, 2.45) is 5.92 Å². The molecular weight excluding hydrogens is 316 g/mol. The summed E-state index contributed by atoms with van der Waals surface area (Å²) in [6.45, 7) is 10.9. The van der Waals surface area contributed by atoms with Crippen LogP contribution in [-0.2, 0) is 14.3 Å². The van der Waals surface area contributed by atoms with Gasteiger partial charge in [0.15, 0.2) is 0 Å². The lowest BCUT2D eigenvalue weighted by molar-refractivity contribution is -0.142. The highest BCUT2D eigenvalue weighted by Gasteiger charge is 2.41. The molecule has 2 N–H and O–H groups in total. The number of carboxylic acid groups (broad SMARTS) is 1. The predicted molar refractivity (Wildman–Crippen MR) is 86.7 cm³/mol. The molecule has 8 nitrogen and oxygen atoms in total. The van der Waals surface area contributed by atoms with Crippen LogP contribution in [0.25, 0.3) is 0 Å². The van der Waals surface area contributed by atoms with Gasteiger partial charge in [-0.25, -0.2) is 14.4 Å². The third kappa shape index (κ3) is 6.64. The number of hydrogen-bond acceptors (Lipinski definition) is 5. The molecule has 0 aromatic carbocycles. The summed E-state index contributed by atoms with van der Waals surface area (Å²) in [7, 11) is 0. The minimum atomic E-state index is -1.08. The van der Waals surface area contributed by atoms with Gasteiger partial charge in [0.25, 0.3) is 0 Å². The summed E-state index contributed by atoms with van der Waals surface area (Å²) in [5, 5.41) is 11.9. The molecule has 0 aliphatic carbocycles. The average Bonchev–Trinajstić information content (AvgIpc) is 2.76. The van der Waals surface area contributed by atoms with Crippen LogP contribution < -0.4 is 5.32 Å². The molecule has 2 amide bonds. The first-order valence-electron chi connectivity index (χ1n) is 7.98. The van der Waals surface area contributed by atoms with E-state index >= 15 is 0 Å². The third-order valence-corrected chi connectivity index (χ3v) is 3.23. The number of likely N-dealkylation sites (tertiary alicyclic amines) is 1. The summed E-state index contributed by atoms with van der Waals surface area (Å²) in [5.41, 5.74) is -1.31. The summed E-state index contributed by atoms with van der Waals surface area (Å²) < 4.78 is 10.4. The Kier molecular flexibility index (Phi) is 6.08. The van der Waals surface area contributed by atoms with Crippen LogP contribution in [0.5, 0.6) is 0 Å². The number of nitrogens with zero attached hydrogens (tertiary/aromatic N) is 1. The van der Waals surface area contributed by atoms with Crippen molar-refractivity contribution < 1.29 is 29.0 Å². The minimum absolute atomic E-state index is 0.175. The maximum Gasteiger partial charge on any atom is 0.411 e. The van der Waals surface area contributed by atoms with Crippen LogP contribution >= 0.6 is 0 Å². The highest BCUT2D eigenvalue weighted by molar-refractivity contribution is 5.81. The number of alkyl carbamates (subject to hydrolysis) is 1. The molecule has 1 fully saturated rings. The molecule has 138 valence electrons. The van der Waals surface area contributed by atoms with E-state index in [1.54, 1.807) is 41.5 Å². The summed E-state index contributed by atoms with van der Waals surface area (Å²) in [6, 6.07) is -0.953. The normalized spacial score (nSPS) is 21.3. The van der Waals surface area contributed by atoms with Crippen molar-refractivity contribution in [2.75, 3.05) is 13.1 Å². The van der Waals surface area contributed by atoms with E-state index in [1.165, 1.54) is 4.90 Å². The van der Waals surface area contributed by atoms with Gasteiger partial charge in [-0.1, -0.05) is 0 Å². The van der Waals surface area contributed by atoms with Crippen molar-refractivity contribution in [1.29, 1.82) is 0 Å². The largest absolute Gasteiger partial charge is 0.480 e. The van der Waals surface area contributed by atoms with Gasteiger partial charge >= 0.3 is 18.2 Å². The Labute approximate surface area is 142 Å². The van der Waals surface area contributed by atoms with Crippen molar-refractivity contribution in [1.82, 2.24) is 10.2 Å². The molecule has 0 aromatic rings. The lowest BCUT2D eigenvalue weighted by Crippen LogP contribution is -2.43. The zero-order valence-corrected chi connectivity index (χ0v) is 15.2. The van der Waals surface area contributed by atoms with Crippen LogP contribution in [0.15, 0.2) is 0 Å². The molecular formula is C16H28N2O6. The van der Waals surface area contributed by atoms with Gasteiger partial charge in [0, 0.05) is 13.1 Å². The second-order valence-corrected chi connectivity index (χ2v) is 7.97. The van der Waals surface area contributed by atoms with Crippen molar-refractivity contribution in [3.63, 3.8) is 0 Å². The molecule has 0 radical (unpaired) electrons. The molecule has 0 saturated carbocycles. The molecule has 1 saturated heterocycles. The maximum atomic E-state index is 12.2. The maximum absolute atomic E-state index is 12.2. The molecule has 1 aliphatic rings. The average molecular weight is 344 g/mol. The van der Waals surface area contributed by atoms with Crippen LogP contribution in [0, 0.1) is 5.92 Å². The Morgan fingerprint density at radius 2 is 1.62 bits per heavy atom. The summed E-state index contributed by atoms with van der Waals surface area (Å²) in [6.07, 6.45) is -0.968. The van der Waals surface area contributed by atoms with Crippen LogP contribution in [0.1, 0.15) is 48.0 Å². The molecule has 2 atom stereocenters. The number of carboxylic acids is 1. The zero-order chi connectivity index (χ0) is 18.7. The highest BCUT2D eigenvalue weighted by Crippen LogP contribution is 2.25. The lowest BCUT2D eigenvalue weighted by Gasteiger charge is -2.26. The van der Waals surface area contributed by atoms with Gasteiger partial charge in [0.1, 0.15) is 17.2 Å². The Morgan fingerprint density at radius 3 is 2.08 bits per heavy atom. The monoisotopic (exact) mass is 344 g/mol. The first kappa shape index (κ1) is 20.1. The van der Waals surface area contributed by atoms with Gasteiger partial charge in [0.05, 0.1) is 0 Å². The van der Waals surface area contributed by atoms with E-state index in [4.69, 9.17) is 9.47 Å². The van der Waals surface area contributed by atoms with Gasteiger partial charge in [-0.2, -0.15) is 0 Å². The van der Waals surface area contributed by atoms with E-state index < -0.39 is 35.4 Å². The van der Waals surface area contributed by atoms with Crippen LogP contribution in [0.4, 0.5) is 9.59 Å². The van der Waals surface area contributed by atoms with Gasteiger partial charge in [-0.15, -0.1) is 0 Å². The van der Waals surface area contributed by atoms with Gasteiger partial charge in [-0.3, -0.25) is 4.90 Å². The number of carbonyl (C=O) groups excluding carboxylic acids is 2. The second kappa shape index (κ2) is 7.27. The number of hydrogen-bond donors (Lipinski definition) is 2. The smallest absolute Gasteiger partial charge is 0.411 e. The number of nitrogens with one attached hydrogen (secondary N) is 1. The number of aliphatic carboxylic acids is 1. The fourth-order valence-electron chi connectivity index (χ4n) is 2.37. The summed E-state index contributed by atoms with van der Waals surface area (Å²) in [5.74, 6) is -1.26. The van der Waals surface area contributed by atoms with Gasteiger partial charge in [-0.05, 0) is 53.9 Å². The van der Waals surface area contributed by atoms with E-state index in [9.17, 15) is 19.5 Å². The molecule has 0 spiro atoms. The molecule has 1 heterocycles. The lowest BCUT2D eigenvalue weighted by atomic mass is 10.1. The SMILES string of the molecule is CC(C)(C)OC(=O)NC[C@H]1C[C@H](C(=O)O)N(C(=O)OC(C)(C)C)C1. The first-order chi connectivity index (χ1) is 10.8. The topological polar surface area (TPSA) is 105 Å². The van der Waals surface area contributed by atoms with Crippen LogP contribution in [-0.4, -0.2) is 58.5 Å². The quantitative estimate of drug-likeness (QED) is 0.813. The van der Waals surface area contributed by atoms with Gasteiger partial charge in [0.2, 0.25) is 0 Å². The number of ether oxygens (including phenoxy) is 2. The summed E-state index contributed by atoms with van der Waals surface area (Å²) >= 11 is 0. The van der Waals surface area contributed by atoms with Crippen molar-refractivity contribution in [2.45, 2.75) is 65.2 Å². The highest BCUT2D eigenvalue weighted by atomic mass is 16.6. The molecule has 0 aromatic heterocycles. The first-order valence-corrected chi connectivity index (χ1v) is 7.98. The van der Waals surface area contributed by atoms with Gasteiger partial charge < -0.3 is 19.9 Å². The fraction of sp³-hybridized carbons (Fsp3) is 0.812. The minimum Gasteiger partial charge on any atom is -0.480 e. The standard InChI is InChI=1S/C16H28N2O6/c1-15(2,3)23-13(21)17-8-10-7-11(12(19)20)18(9-10)14(22)24-16(4,5)6/h10-11H,7-9H2,1-6H3,(H,17,21)(H,19,20)/t10-,11-/m1/s1. The Bertz CT molecular complexity index is 492. The zero-order valence-electron chi connectivity index (χ0n) is 15.2. The Hall–Kier alpha value is -1.99. The van der Waals surface area contributed by atoms with E-state index in [-0.39, 0.29) is 25.4 Å². The number of carbonyl (C=O) groups is 3. The molecule has 1 rings (SSSR count). The van der Waals surface area contributed by atoms with E-state index in [0.29, 0.717) is 0 Å². The summed E-state index contributed by atoms with van der Waals surface area (Å²) in [4.78, 5) is 36.4. The molecule has 0 bridgehead atoms. The Balaban J connectivity index is 2.63. The van der Waals surface area contributed by atoms with Crippen molar-refractivity contribution in [3.8, 4) is 0 Å². The fourth-order valence-corrected chi connectivity index (χ4v) is 2.37.